The van der Waals surface area contributed by atoms with E-state index in [2.05, 4.69) is 159 Å². The second-order valence-electron chi connectivity index (χ2n) is 15.7. The Morgan fingerprint density at radius 3 is 1.85 bits per heavy atom. The molecule has 0 N–H and O–H groups in total. The molecular formula is C42H49Cl2SiZr. The number of halogens is 2. The number of fused-ring (bicyclic) bond motifs is 2. The zero-order valence-corrected chi connectivity index (χ0v) is 34.4. The summed E-state index contributed by atoms with van der Waals surface area (Å²) in [6.45, 7) is 23.1. The minimum atomic E-state index is -4.83. The van der Waals surface area contributed by atoms with Crippen LogP contribution in [0.25, 0.3) is 34.4 Å². The third kappa shape index (κ3) is 5.35. The summed E-state index contributed by atoms with van der Waals surface area (Å²) in [5, 5.41) is 0. The maximum absolute atomic E-state index is 8.65. The van der Waals surface area contributed by atoms with Crippen molar-refractivity contribution in [1.29, 1.82) is 0 Å². The molecule has 0 saturated heterocycles. The number of hydrogen-bond acceptors (Lipinski definition) is 0. The number of benzene rings is 4. The average molecular weight is 744 g/mol. The number of hydrogen-bond donors (Lipinski definition) is 0. The van der Waals surface area contributed by atoms with Gasteiger partial charge >= 0.3 is 289 Å². The van der Waals surface area contributed by atoms with E-state index in [1.54, 1.807) is 0 Å². The van der Waals surface area contributed by atoms with Gasteiger partial charge in [-0.3, -0.25) is 0 Å². The molecule has 0 heterocycles. The van der Waals surface area contributed by atoms with E-state index < -0.39 is 21.5 Å². The maximum atomic E-state index is 8.65. The summed E-state index contributed by atoms with van der Waals surface area (Å²) in [6.07, 6.45) is 4.91. The predicted molar refractivity (Wildman–Crippen MR) is 204 cm³/mol. The summed E-state index contributed by atoms with van der Waals surface area (Å²) >= 11 is -4.83. The molecule has 0 bridgehead atoms. The first-order valence-corrected chi connectivity index (χ1v) is 33.3. The fourth-order valence-electron chi connectivity index (χ4n) is 8.29. The van der Waals surface area contributed by atoms with Gasteiger partial charge in [0, 0.05) is 0 Å². The van der Waals surface area contributed by atoms with Crippen molar-refractivity contribution in [1.82, 2.24) is 0 Å². The summed E-state index contributed by atoms with van der Waals surface area (Å²) in [5.41, 5.74) is 17.3. The van der Waals surface area contributed by atoms with Crippen LogP contribution < -0.4 is 0 Å². The summed E-state index contributed by atoms with van der Waals surface area (Å²) in [5.74, 6) is -1.29. The summed E-state index contributed by atoms with van der Waals surface area (Å²) in [7, 11) is 17.3. The van der Waals surface area contributed by atoms with E-state index in [0.29, 0.717) is 5.92 Å². The van der Waals surface area contributed by atoms with Crippen molar-refractivity contribution < 1.29 is 15.6 Å². The van der Waals surface area contributed by atoms with E-state index in [-0.39, 0.29) is 12.7 Å². The van der Waals surface area contributed by atoms with Crippen molar-refractivity contribution in [2.45, 2.75) is 81.2 Å². The third-order valence-corrected chi connectivity index (χ3v) is 62.9. The van der Waals surface area contributed by atoms with Gasteiger partial charge in [-0.15, -0.1) is 0 Å². The summed E-state index contributed by atoms with van der Waals surface area (Å²) in [4.78, 5) is 0. The Kier molecular flexibility index (Phi) is 8.76. The third-order valence-electron chi connectivity index (χ3n) is 11.0. The first-order valence-electron chi connectivity index (χ1n) is 16.9. The Hall–Kier alpha value is -1.96. The molecule has 2 aliphatic carbocycles. The zero-order valence-electron chi connectivity index (χ0n) is 29.2. The first kappa shape index (κ1) is 33.9. The van der Waals surface area contributed by atoms with Gasteiger partial charge in [0.15, 0.2) is 0 Å². The van der Waals surface area contributed by atoms with Gasteiger partial charge in [-0.1, -0.05) is 0 Å². The molecule has 2 unspecified atom stereocenters. The molecule has 0 aliphatic heterocycles. The second kappa shape index (κ2) is 11.9. The minimum absolute atomic E-state index is 0.0852. The molecule has 0 saturated carbocycles. The normalized spacial score (nSPS) is 18.7. The van der Waals surface area contributed by atoms with Crippen LogP contribution in [0.3, 0.4) is 0 Å². The van der Waals surface area contributed by atoms with Crippen molar-refractivity contribution in [2.75, 3.05) is 0 Å². The van der Waals surface area contributed by atoms with E-state index in [1.807, 2.05) is 0 Å². The van der Waals surface area contributed by atoms with Crippen LogP contribution in [0.1, 0.15) is 87.7 Å². The van der Waals surface area contributed by atoms with E-state index in [0.717, 1.165) is 0 Å². The molecule has 4 heteroatoms. The molecule has 0 amide bonds. The van der Waals surface area contributed by atoms with Crippen LogP contribution in [0.4, 0.5) is 0 Å². The zero-order chi connectivity index (χ0) is 33.4. The van der Waals surface area contributed by atoms with Gasteiger partial charge in [0.05, 0.1) is 0 Å². The monoisotopic (exact) mass is 741 g/mol. The van der Waals surface area contributed by atoms with E-state index in [4.69, 9.17) is 17.0 Å². The molecule has 0 fully saturated rings. The Labute approximate surface area is 286 Å². The Morgan fingerprint density at radius 1 is 0.696 bits per heavy atom. The van der Waals surface area contributed by atoms with Gasteiger partial charge in [0.2, 0.25) is 0 Å². The molecule has 239 valence electrons. The number of allylic oxidation sites excluding steroid dienone is 2. The Bertz CT molecular complexity index is 1890. The molecular weight excluding hydrogens is 695 g/mol. The van der Waals surface area contributed by atoms with Crippen molar-refractivity contribution in [3.8, 4) is 22.3 Å². The SMILES string of the molecule is CC1=Cc2c(-c3ccc(C)cc3)ccc(C)c2[CH]1[Zr]([Cl])([Cl])([CH]1C(C(C)C)=Cc2c(-c3ccc(C(C)(C)C)cc3)cccc21)[SiH](C)C. The van der Waals surface area contributed by atoms with Gasteiger partial charge in [-0.05, 0) is 0 Å². The molecule has 46 heavy (non-hydrogen) atoms. The van der Waals surface area contributed by atoms with Gasteiger partial charge in [-0.2, -0.15) is 0 Å². The van der Waals surface area contributed by atoms with Crippen LogP contribution in [0.5, 0.6) is 0 Å². The van der Waals surface area contributed by atoms with Crippen molar-refractivity contribution >= 4 is 35.1 Å². The number of rotatable bonds is 6. The predicted octanol–water partition coefficient (Wildman–Crippen LogP) is 13.2. The van der Waals surface area contributed by atoms with Crippen LogP contribution in [0.15, 0.2) is 90.0 Å². The van der Waals surface area contributed by atoms with Crippen molar-refractivity contribution in [3.05, 3.63) is 129 Å². The van der Waals surface area contributed by atoms with E-state index >= 15 is 0 Å². The molecule has 4 aromatic rings. The van der Waals surface area contributed by atoms with Crippen molar-refractivity contribution in [2.24, 2.45) is 5.92 Å². The molecule has 2 aliphatic rings. The second-order valence-corrected chi connectivity index (χ2v) is 58.2. The molecule has 0 radical (unpaired) electrons. The topological polar surface area (TPSA) is 0 Å². The fourth-order valence-corrected chi connectivity index (χ4v) is 40.5. The van der Waals surface area contributed by atoms with Crippen LogP contribution in [0, 0.1) is 19.8 Å². The fraction of sp³-hybridized carbons (Fsp3) is 0.333. The molecule has 6 rings (SSSR count). The summed E-state index contributed by atoms with van der Waals surface area (Å²) in [6, 6.07) is 29.6. The standard InChI is InChI=1S/C22H25.C18H17.C2H7Si.2ClH.Zr/c1-15(2)18-13-17-7-6-8-20(21(17)14-18)16-9-11-19(12-10-16)22(3,4)5;1-12-4-7-15(8-5-12)16-9-6-14(3)17-10-13(2)11-18(16)17;1-3-2;;;/h6-15H,1-5H3;4-11H,1-3H3;3H,1-2H3;2*1H;/q;;;;;+2/p-2. The van der Waals surface area contributed by atoms with Crippen LogP contribution in [-0.2, 0) is 21.0 Å². The van der Waals surface area contributed by atoms with E-state index in [9.17, 15) is 0 Å². The quantitative estimate of drug-likeness (QED) is 0.173. The summed E-state index contributed by atoms with van der Waals surface area (Å²) < 4.78 is 0.173. The molecule has 0 nitrogen and oxygen atoms in total. The molecule has 4 aromatic carbocycles. The molecule has 2 atom stereocenters. The Morgan fingerprint density at radius 2 is 1.28 bits per heavy atom. The van der Waals surface area contributed by atoms with Crippen LogP contribution in [-0.4, -0.2) is 5.92 Å². The average Bonchev–Trinajstić information content (AvgIpc) is 3.58. The first-order chi connectivity index (χ1) is 21.5. The van der Waals surface area contributed by atoms with Gasteiger partial charge in [0.25, 0.3) is 0 Å². The Balaban J connectivity index is 1.57. The molecule has 0 aromatic heterocycles. The van der Waals surface area contributed by atoms with Gasteiger partial charge in [0.1, 0.15) is 0 Å². The van der Waals surface area contributed by atoms with Gasteiger partial charge in [-0.25, -0.2) is 0 Å². The van der Waals surface area contributed by atoms with Crippen LogP contribution in [0.2, 0.25) is 13.1 Å². The van der Waals surface area contributed by atoms with Crippen molar-refractivity contribution in [3.63, 3.8) is 0 Å². The van der Waals surface area contributed by atoms with E-state index in [1.165, 1.54) is 72.3 Å². The molecule has 0 spiro atoms. The number of aryl methyl sites for hydroxylation is 2. The van der Waals surface area contributed by atoms with Crippen LogP contribution >= 0.6 is 17.0 Å². The van der Waals surface area contributed by atoms with Gasteiger partial charge < -0.3 is 0 Å².